The maximum atomic E-state index is 12.7. The number of amides is 1. The Kier molecular flexibility index (Phi) is 9.01. The van der Waals surface area contributed by atoms with Crippen molar-refractivity contribution in [1.82, 2.24) is 4.90 Å². The molecule has 1 aliphatic rings. The Hall–Kier alpha value is -3.42. The lowest BCUT2D eigenvalue weighted by Crippen LogP contribution is -2.38. The Morgan fingerprint density at radius 3 is 2.32 bits per heavy atom. The minimum atomic E-state index is -0.585. The van der Waals surface area contributed by atoms with E-state index < -0.39 is 5.97 Å². The van der Waals surface area contributed by atoms with Gasteiger partial charge in [-0.25, -0.2) is 4.79 Å². The van der Waals surface area contributed by atoms with Crippen LogP contribution in [0.2, 0.25) is 0 Å². The molecule has 3 rings (SSSR count). The van der Waals surface area contributed by atoms with E-state index in [2.05, 4.69) is 6.92 Å². The molecule has 0 unspecified atom stereocenters. The molecule has 1 amide bonds. The molecule has 0 atom stereocenters. The summed E-state index contributed by atoms with van der Waals surface area (Å²) in [6, 6.07) is 8.74. The number of carbonyl (C=O) groups excluding carboxylic acids is 2. The largest absolute Gasteiger partial charge is 0.493 e. The number of hydrogen-bond donors (Lipinski definition) is 0. The molecule has 2 aromatic carbocycles. The summed E-state index contributed by atoms with van der Waals surface area (Å²) in [4.78, 5) is 27.0. The number of nitrogens with zero attached hydrogens (tertiary/aromatic N) is 1. The van der Waals surface area contributed by atoms with Crippen LogP contribution in [0.4, 0.5) is 0 Å². The standard InChI is InChI=1S/C26H33NO7/c1-5-7-12-33-21-9-8-19(14-24(21)32-6-2)26(29)34-17-25(28)27-11-10-18-13-22(30-3)23(31-4)15-20(18)16-27/h8-9,13-15H,5-7,10-12,16-17H2,1-4H3. The average Bonchev–Trinajstić information content (AvgIpc) is 2.86. The Labute approximate surface area is 200 Å². The second-order valence-corrected chi connectivity index (χ2v) is 7.91. The molecular weight excluding hydrogens is 438 g/mol. The maximum absolute atomic E-state index is 12.7. The van der Waals surface area contributed by atoms with E-state index in [0.29, 0.717) is 61.3 Å². The van der Waals surface area contributed by atoms with Crippen molar-refractivity contribution in [2.24, 2.45) is 0 Å². The third-order valence-electron chi connectivity index (χ3n) is 5.63. The number of fused-ring (bicyclic) bond motifs is 1. The van der Waals surface area contributed by atoms with Crippen molar-refractivity contribution in [1.29, 1.82) is 0 Å². The van der Waals surface area contributed by atoms with Crippen LogP contribution in [0.25, 0.3) is 0 Å². The molecule has 1 heterocycles. The summed E-state index contributed by atoms with van der Waals surface area (Å²) in [5, 5.41) is 0. The zero-order valence-corrected chi connectivity index (χ0v) is 20.3. The van der Waals surface area contributed by atoms with E-state index in [1.54, 1.807) is 37.3 Å². The van der Waals surface area contributed by atoms with Gasteiger partial charge in [0.1, 0.15) is 0 Å². The van der Waals surface area contributed by atoms with Gasteiger partial charge in [-0.2, -0.15) is 0 Å². The monoisotopic (exact) mass is 471 g/mol. The number of hydrogen-bond acceptors (Lipinski definition) is 7. The second-order valence-electron chi connectivity index (χ2n) is 7.91. The fourth-order valence-corrected chi connectivity index (χ4v) is 3.75. The van der Waals surface area contributed by atoms with Crippen LogP contribution in [0.1, 0.15) is 48.2 Å². The minimum absolute atomic E-state index is 0.252. The van der Waals surface area contributed by atoms with Crippen molar-refractivity contribution in [3.8, 4) is 23.0 Å². The number of esters is 1. The van der Waals surface area contributed by atoms with E-state index in [4.69, 9.17) is 23.7 Å². The lowest BCUT2D eigenvalue weighted by Gasteiger charge is -2.29. The highest BCUT2D eigenvalue weighted by Crippen LogP contribution is 2.33. The summed E-state index contributed by atoms with van der Waals surface area (Å²) in [6.07, 6.45) is 2.64. The summed E-state index contributed by atoms with van der Waals surface area (Å²) in [6.45, 7) is 5.59. The van der Waals surface area contributed by atoms with E-state index in [1.165, 1.54) is 0 Å². The highest BCUT2D eigenvalue weighted by molar-refractivity contribution is 5.92. The Bertz CT molecular complexity index is 1000. The van der Waals surface area contributed by atoms with E-state index in [-0.39, 0.29) is 12.5 Å². The Balaban J connectivity index is 1.60. The first-order valence-corrected chi connectivity index (χ1v) is 11.6. The topological polar surface area (TPSA) is 83.5 Å². The number of methoxy groups -OCH3 is 2. The van der Waals surface area contributed by atoms with E-state index in [0.717, 1.165) is 24.0 Å². The molecule has 0 fully saturated rings. The van der Waals surface area contributed by atoms with Crippen molar-refractivity contribution >= 4 is 11.9 Å². The normalized spacial score (nSPS) is 12.5. The highest BCUT2D eigenvalue weighted by atomic mass is 16.5. The molecule has 1 aliphatic heterocycles. The highest BCUT2D eigenvalue weighted by Gasteiger charge is 2.24. The molecule has 8 nitrogen and oxygen atoms in total. The SMILES string of the molecule is CCCCOc1ccc(C(=O)OCC(=O)N2CCc3cc(OC)c(OC)cc3C2)cc1OCC. The van der Waals surface area contributed by atoms with Gasteiger partial charge in [0.05, 0.1) is 33.0 Å². The molecule has 2 aromatic rings. The van der Waals surface area contributed by atoms with Crippen LogP contribution < -0.4 is 18.9 Å². The Morgan fingerprint density at radius 1 is 0.912 bits per heavy atom. The fourth-order valence-electron chi connectivity index (χ4n) is 3.75. The summed E-state index contributed by atoms with van der Waals surface area (Å²) < 4.78 is 27.4. The molecule has 34 heavy (non-hydrogen) atoms. The number of benzene rings is 2. The van der Waals surface area contributed by atoms with Crippen LogP contribution in [-0.2, 0) is 22.5 Å². The van der Waals surface area contributed by atoms with Crippen LogP contribution in [0.3, 0.4) is 0 Å². The zero-order valence-electron chi connectivity index (χ0n) is 20.3. The van der Waals surface area contributed by atoms with Gasteiger partial charge >= 0.3 is 5.97 Å². The third kappa shape index (κ3) is 6.12. The van der Waals surface area contributed by atoms with Crippen molar-refractivity contribution < 1.29 is 33.3 Å². The maximum Gasteiger partial charge on any atom is 0.338 e. The first kappa shape index (κ1) is 25.2. The van der Waals surface area contributed by atoms with Crippen LogP contribution >= 0.6 is 0 Å². The van der Waals surface area contributed by atoms with Gasteiger partial charge in [0, 0.05) is 13.1 Å². The van der Waals surface area contributed by atoms with Gasteiger partial charge in [-0.05, 0) is 61.2 Å². The molecule has 0 N–H and O–H groups in total. The molecule has 8 heteroatoms. The lowest BCUT2D eigenvalue weighted by molar-refractivity contribution is -0.135. The first-order valence-electron chi connectivity index (χ1n) is 11.6. The van der Waals surface area contributed by atoms with Crippen LogP contribution in [0.15, 0.2) is 30.3 Å². The Morgan fingerprint density at radius 2 is 1.65 bits per heavy atom. The van der Waals surface area contributed by atoms with Crippen LogP contribution in [0, 0.1) is 0 Å². The first-order chi connectivity index (χ1) is 16.5. The minimum Gasteiger partial charge on any atom is -0.493 e. The summed E-state index contributed by atoms with van der Waals surface area (Å²) >= 11 is 0. The van der Waals surface area contributed by atoms with Crippen LogP contribution in [-0.4, -0.2) is 57.4 Å². The third-order valence-corrected chi connectivity index (χ3v) is 5.63. The molecule has 0 radical (unpaired) electrons. The summed E-state index contributed by atoms with van der Waals surface area (Å²) in [5.41, 5.74) is 2.41. The molecule has 0 aliphatic carbocycles. The molecule has 0 spiro atoms. The van der Waals surface area contributed by atoms with Gasteiger partial charge < -0.3 is 28.6 Å². The van der Waals surface area contributed by atoms with Gasteiger partial charge in [0.25, 0.3) is 5.91 Å². The van der Waals surface area contributed by atoms with Gasteiger partial charge in [0.15, 0.2) is 29.6 Å². The predicted molar refractivity (Wildman–Crippen MR) is 127 cm³/mol. The van der Waals surface area contributed by atoms with Gasteiger partial charge in [-0.1, -0.05) is 13.3 Å². The zero-order chi connectivity index (χ0) is 24.5. The lowest BCUT2D eigenvalue weighted by atomic mass is 9.99. The van der Waals surface area contributed by atoms with Crippen molar-refractivity contribution in [3.05, 3.63) is 47.0 Å². The number of ether oxygens (including phenoxy) is 5. The van der Waals surface area contributed by atoms with E-state index >= 15 is 0 Å². The van der Waals surface area contributed by atoms with Crippen molar-refractivity contribution in [2.45, 2.75) is 39.7 Å². The average molecular weight is 472 g/mol. The van der Waals surface area contributed by atoms with E-state index in [9.17, 15) is 9.59 Å². The van der Waals surface area contributed by atoms with Gasteiger partial charge in [0.2, 0.25) is 0 Å². The molecular formula is C26H33NO7. The predicted octanol–water partition coefficient (Wildman–Crippen LogP) is 4.02. The molecule has 0 bridgehead atoms. The summed E-state index contributed by atoms with van der Waals surface area (Å²) in [7, 11) is 3.18. The van der Waals surface area contributed by atoms with E-state index in [1.807, 2.05) is 19.1 Å². The molecule has 0 saturated carbocycles. The summed E-state index contributed by atoms with van der Waals surface area (Å²) in [5.74, 6) is 1.52. The molecule has 0 saturated heterocycles. The second kappa shape index (κ2) is 12.2. The smallest absolute Gasteiger partial charge is 0.338 e. The number of unbranched alkanes of at least 4 members (excludes halogenated alkanes) is 1. The quantitative estimate of drug-likeness (QED) is 0.361. The number of rotatable bonds is 11. The van der Waals surface area contributed by atoms with Crippen molar-refractivity contribution in [2.75, 3.05) is 40.6 Å². The fraction of sp³-hybridized carbons (Fsp3) is 0.462. The van der Waals surface area contributed by atoms with Gasteiger partial charge in [-0.3, -0.25) is 4.79 Å². The molecule has 0 aromatic heterocycles. The van der Waals surface area contributed by atoms with Crippen LogP contribution in [0.5, 0.6) is 23.0 Å². The van der Waals surface area contributed by atoms with Gasteiger partial charge in [-0.15, -0.1) is 0 Å². The number of carbonyl (C=O) groups is 2. The molecule has 184 valence electrons. The van der Waals surface area contributed by atoms with Crippen molar-refractivity contribution in [3.63, 3.8) is 0 Å².